The molecule has 6 heteroatoms. The number of ether oxygens (including phenoxy) is 3. The molecule has 1 heterocycles. The van der Waals surface area contributed by atoms with Gasteiger partial charge in [-0.05, 0) is 35.9 Å². The minimum Gasteiger partial charge on any atom is -0.493 e. The van der Waals surface area contributed by atoms with E-state index in [4.69, 9.17) is 14.7 Å². The molecule has 2 aromatic rings. The largest absolute Gasteiger partial charge is 0.493 e. The lowest BCUT2D eigenvalue weighted by molar-refractivity contribution is -0.134. The fourth-order valence-corrected chi connectivity index (χ4v) is 1.77. The molecule has 0 unspecified atom stereocenters. The number of aromatic nitrogens is 1. The summed E-state index contributed by atoms with van der Waals surface area (Å²) in [5, 5.41) is 9.06. The minimum absolute atomic E-state index is 0.200. The van der Waals surface area contributed by atoms with E-state index >= 15 is 0 Å². The summed E-state index contributed by atoms with van der Waals surface area (Å²) in [5.74, 6) is 0.618. The second-order valence-electron chi connectivity index (χ2n) is 4.34. The quantitative estimate of drug-likeness (QED) is 0.624. The Morgan fingerprint density at radius 3 is 2.78 bits per heavy atom. The van der Waals surface area contributed by atoms with Crippen LogP contribution >= 0.6 is 0 Å². The van der Waals surface area contributed by atoms with Crippen LogP contribution < -0.4 is 9.47 Å². The number of benzene rings is 1. The predicted molar refractivity (Wildman–Crippen MR) is 83.1 cm³/mol. The first-order valence-corrected chi connectivity index (χ1v) is 6.65. The van der Waals surface area contributed by atoms with Gasteiger partial charge < -0.3 is 14.2 Å². The lowest BCUT2D eigenvalue weighted by atomic mass is 10.2. The number of methoxy groups -OCH3 is 2. The molecule has 0 saturated carbocycles. The Morgan fingerprint density at radius 1 is 1.26 bits per heavy atom. The number of hydrogen-bond donors (Lipinski definition) is 0. The number of carbonyl (C=O) groups is 1. The van der Waals surface area contributed by atoms with Crippen molar-refractivity contribution in [2.45, 2.75) is 0 Å². The van der Waals surface area contributed by atoms with Crippen LogP contribution in [0, 0.1) is 11.3 Å². The molecule has 0 aliphatic carbocycles. The number of esters is 1. The van der Waals surface area contributed by atoms with Gasteiger partial charge in [-0.2, -0.15) is 5.26 Å². The molecule has 0 saturated heterocycles. The highest BCUT2D eigenvalue weighted by molar-refractivity contribution is 5.87. The van der Waals surface area contributed by atoms with Crippen LogP contribution in [0.1, 0.15) is 11.1 Å². The van der Waals surface area contributed by atoms with Crippen molar-refractivity contribution < 1.29 is 19.0 Å². The van der Waals surface area contributed by atoms with E-state index < -0.39 is 5.97 Å². The lowest BCUT2D eigenvalue weighted by Gasteiger charge is -2.11. The predicted octanol–water partition coefficient (Wildman–Crippen LogP) is 2.94. The van der Waals surface area contributed by atoms with Crippen molar-refractivity contribution in [3.05, 3.63) is 53.7 Å². The molecule has 0 bridgehead atoms. The highest BCUT2D eigenvalue weighted by Crippen LogP contribution is 2.32. The second kappa shape index (κ2) is 7.61. The third-order valence-corrected chi connectivity index (χ3v) is 2.90. The molecule has 1 aromatic heterocycles. The van der Waals surface area contributed by atoms with Crippen molar-refractivity contribution in [1.82, 2.24) is 4.98 Å². The zero-order valence-electron chi connectivity index (χ0n) is 12.6. The number of hydrogen-bond acceptors (Lipinski definition) is 6. The third kappa shape index (κ3) is 4.08. The molecule has 116 valence electrons. The average molecular weight is 310 g/mol. The van der Waals surface area contributed by atoms with Gasteiger partial charge in [0.15, 0.2) is 11.5 Å². The monoisotopic (exact) mass is 310 g/mol. The Hall–Kier alpha value is -3.33. The van der Waals surface area contributed by atoms with Gasteiger partial charge in [-0.1, -0.05) is 6.07 Å². The third-order valence-electron chi connectivity index (χ3n) is 2.90. The van der Waals surface area contributed by atoms with Crippen LogP contribution in [-0.4, -0.2) is 25.2 Å². The molecule has 0 atom stereocenters. The fraction of sp³-hybridized carbons (Fsp3) is 0.118. The van der Waals surface area contributed by atoms with Crippen molar-refractivity contribution in [3.63, 3.8) is 0 Å². The Morgan fingerprint density at radius 2 is 2.09 bits per heavy atom. The summed E-state index contributed by atoms with van der Waals surface area (Å²) < 4.78 is 15.5. The maximum atomic E-state index is 11.1. The van der Waals surface area contributed by atoms with Crippen molar-refractivity contribution in [1.29, 1.82) is 5.26 Å². The van der Waals surface area contributed by atoms with Crippen molar-refractivity contribution in [2.75, 3.05) is 14.2 Å². The van der Waals surface area contributed by atoms with Gasteiger partial charge in [0.05, 0.1) is 14.2 Å². The number of nitrogens with zero attached hydrogens (tertiary/aromatic N) is 2. The van der Waals surface area contributed by atoms with Gasteiger partial charge in [-0.25, -0.2) is 9.78 Å². The molecule has 2 rings (SSSR count). The molecular weight excluding hydrogens is 296 g/mol. The van der Waals surface area contributed by atoms with E-state index in [-0.39, 0.29) is 5.88 Å². The first-order valence-electron chi connectivity index (χ1n) is 6.65. The van der Waals surface area contributed by atoms with Gasteiger partial charge in [-0.3, -0.25) is 0 Å². The standard InChI is InChI=1S/C17H14N2O4/c1-21-15-10-12(6-8-16(20)22-2)5-7-14(15)23-17-13(11-18)4-3-9-19-17/h3-10H,1-2H3/b8-6-. The van der Waals surface area contributed by atoms with E-state index in [9.17, 15) is 4.79 Å². The highest BCUT2D eigenvalue weighted by atomic mass is 16.5. The summed E-state index contributed by atoms with van der Waals surface area (Å²) in [6.45, 7) is 0. The van der Waals surface area contributed by atoms with Crippen LogP contribution in [0.3, 0.4) is 0 Å². The zero-order chi connectivity index (χ0) is 16.7. The molecule has 1 aromatic carbocycles. The molecule has 0 radical (unpaired) electrons. The molecule has 0 amide bonds. The number of rotatable bonds is 5. The Bertz CT molecular complexity index is 778. The second-order valence-corrected chi connectivity index (χ2v) is 4.34. The van der Waals surface area contributed by atoms with Crippen LogP contribution in [0.2, 0.25) is 0 Å². The number of carbonyl (C=O) groups excluding carboxylic acids is 1. The van der Waals surface area contributed by atoms with E-state index in [0.717, 1.165) is 5.56 Å². The van der Waals surface area contributed by atoms with E-state index in [2.05, 4.69) is 9.72 Å². The van der Waals surface area contributed by atoms with Crippen LogP contribution in [-0.2, 0) is 9.53 Å². The Kier molecular flexibility index (Phi) is 5.31. The molecular formula is C17H14N2O4. The van der Waals surface area contributed by atoms with E-state index in [1.165, 1.54) is 26.5 Å². The first-order chi connectivity index (χ1) is 11.2. The lowest BCUT2D eigenvalue weighted by Crippen LogP contribution is -1.95. The van der Waals surface area contributed by atoms with Gasteiger partial charge in [0.25, 0.3) is 0 Å². The molecule has 0 spiro atoms. The maximum Gasteiger partial charge on any atom is 0.330 e. The average Bonchev–Trinajstić information content (AvgIpc) is 2.60. The highest BCUT2D eigenvalue weighted by Gasteiger charge is 2.10. The summed E-state index contributed by atoms with van der Waals surface area (Å²) in [5.41, 5.74) is 1.06. The summed E-state index contributed by atoms with van der Waals surface area (Å²) in [7, 11) is 2.81. The summed E-state index contributed by atoms with van der Waals surface area (Å²) >= 11 is 0. The van der Waals surface area contributed by atoms with E-state index in [1.54, 1.807) is 36.4 Å². The molecule has 0 N–H and O–H groups in total. The van der Waals surface area contributed by atoms with Gasteiger partial charge in [-0.15, -0.1) is 0 Å². The summed E-state index contributed by atoms with van der Waals surface area (Å²) in [4.78, 5) is 15.2. The van der Waals surface area contributed by atoms with Crippen LogP contribution in [0.5, 0.6) is 17.4 Å². The Labute approximate surface area is 133 Å². The van der Waals surface area contributed by atoms with Gasteiger partial charge in [0.2, 0.25) is 5.88 Å². The SMILES string of the molecule is COC(=O)/C=C\c1ccc(Oc2ncccc2C#N)c(OC)c1. The van der Waals surface area contributed by atoms with E-state index in [0.29, 0.717) is 17.1 Å². The normalized spacial score (nSPS) is 10.1. The van der Waals surface area contributed by atoms with Gasteiger partial charge in [0.1, 0.15) is 11.6 Å². The zero-order valence-corrected chi connectivity index (χ0v) is 12.6. The first kappa shape index (κ1) is 16.0. The molecule has 6 nitrogen and oxygen atoms in total. The smallest absolute Gasteiger partial charge is 0.330 e. The maximum absolute atomic E-state index is 11.1. The summed E-state index contributed by atoms with van der Waals surface area (Å²) in [6, 6.07) is 10.4. The van der Waals surface area contributed by atoms with Crippen LogP contribution in [0.15, 0.2) is 42.6 Å². The summed E-state index contributed by atoms with van der Waals surface area (Å²) in [6.07, 6.45) is 4.44. The van der Waals surface area contributed by atoms with Crippen LogP contribution in [0.25, 0.3) is 6.08 Å². The van der Waals surface area contributed by atoms with E-state index in [1.807, 2.05) is 6.07 Å². The van der Waals surface area contributed by atoms with Crippen molar-refractivity contribution in [2.24, 2.45) is 0 Å². The van der Waals surface area contributed by atoms with Crippen molar-refractivity contribution >= 4 is 12.0 Å². The molecule has 0 aliphatic heterocycles. The van der Waals surface area contributed by atoms with Gasteiger partial charge in [0, 0.05) is 12.3 Å². The topological polar surface area (TPSA) is 81.4 Å². The fourth-order valence-electron chi connectivity index (χ4n) is 1.77. The molecule has 23 heavy (non-hydrogen) atoms. The van der Waals surface area contributed by atoms with Crippen LogP contribution in [0.4, 0.5) is 0 Å². The Balaban J connectivity index is 2.28. The molecule has 0 aliphatic rings. The van der Waals surface area contributed by atoms with Gasteiger partial charge >= 0.3 is 5.97 Å². The van der Waals surface area contributed by atoms with Crippen molar-refractivity contribution in [3.8, 4) is 23.4 Å². The number of nitriles is 1. The molecule has 0 fully saturated rings. The minimum atomic E-state index is -0.448. The number of pyridine rings is 1.